The molecular formula is C15H22N2S. The lowest BCUT2D eigenvalue weighted by Gasteiger charge is -2.35. The highest BCUT2D eigenvalue weighted by molar-refractivity contribution is 7.80. The smallest absolute Gasteiger partial charge is 0.171 e. The summed E-state index contributed by atoms with van der Waals surface area (Å²) < 4.78 is 0. The van der Waals surface area contributed by atoms with Crippen LogP contribution < -0.4 is 10.6 Å². The number of nitrogens with one attached hydrogen (secondary N) is 2. The van der Waals surface area contributed by atoms with Crippen molar-refractivity contribution in [3.63, 3.8) is 0 Å². The van der Waals surface area contributed by atoms with Crippen molar-refractivity contribution < 1.29 is 0 Å². The van der Waals surface area contributed by atoms with Crippen LogP contribution in [0.4, 0.5) is 5.69 Å². The van der Waals surface area contributed by atoms with Gasteiger partial charge in [-0.3, -0.25) is 0 Å². The molecular weight excluding hydrogens is 240 g/mol. The van der Waals surface area contributed by atoms with E-state index >= 15 is 0 Å². The van der Waals surface area contributed by atoms with Gasteiger partial charge in [-0.1, -0.05) is 44.9 Å². The minimum Gasteiger partial charge on any atom is -0.359 e. The van der Waals surface area contributed by atoms with Gasteiger partial charge in [0.15, 0.2) is 5.11 Å². The van der Waals surface area contributed by atoms with Crippen LogP contribution in [0.15, 0.2) is 30.3 Å². The molecule has 18 heavy (non-hydrogen) atoms. The molecule has 0 aliphatic heterocycles. The highest BCUT2D eigenvalue weighted by Gasteiger charge is 2.27. The SMILES string of the molecule is CC1CCCC(NC(=S)Nc2ccccc2)C1C. The van der Waals surface area contributed by atoms with Crippen molar-refractivity contribution in [1.29, 1.82) is 0 Å². The molecule has 0 radical (unpaired) electrons. The molecule has 1 aromatic rings. The van der Waals surface area contributed by atoms with Gasteiger partial charge in [0.2, 0.25) is 0 Å². The predicted molar refractivity (Wildman–Crippen MR) is 81.8 cm³/mol. The summed E-state index contributed by atoms with van der Waals surface area (Å²) in [4.78, 5) is 0. The van der Waals surface area contributed by atoms with Crippen molar-refractivity contribution >= 4 is 23.0 Å². The molecule has 1 aliphatic rings. The van der Waals surface area contributed by atoms with E-state index in [0.717, 1.165) is 16.7 Å². The van der Waals surface area contributed by atoms with Gasteiger partial charge in [0.25, 0.3) is 0 Å². The van der Waals surface area contributed by atoms with Gasteiger partial charge in [0, 0.05) is 11.7 Å². The third kappa shape index (κ3) is 3.45. The maximum absolute atomic E-state index is 5.39. The lowest BCUT2D eigenvalue weighted by molar-refractivity contribution is 0.225. The maximum Gasteiger partial charge on any atom is 0.171 e. The standard InChI is InChI=1S/C15H22N2S/c1-11-7-6-10-14(12(11)2)17-15(18)16-13-8-4-3-5-9-13/h3-5,8-9,11-12,14H,6-7,10H2,1-2H3,(H2,16,17,18). The first-order valence-electron chi connectivity index (χ1n) is 6.79. The van der Waals surface area contributed by atoms with Crippen LogP contribution in [-0.2, 0) is 0 Å². The molecule has 3 heteroatoms. The number of thiocarbonyl (C=S) groups is 1. The fourth-order valence-corrected chi connectivity index (χ4v) is 2.91. The van der Waals surface area contributed by atoms with Crippen molar-refractivity contribution in [3.05, 3.63) is 30.3 Å². The lowest BCUT2D eigenvalue weighted by atomic mass is 9.78. The van der Waals surface area contributed by atoms with Gasteiger partial charge >= 0.3 is 0 Å². The second kappa shape index (κ2) is 6.19. The van der Waals surface area contributed by atoms with Crippen molar-refractivity contribution in [2.75, 3.05) is 5.32 Å². The summed E-state index contributed by atoms with van der Waals surface area (Å²) in [6.45, 7) is 4.67. The van der Waals surface area contributed by atoms with E-state index < -0.39 is 0 Å². The van der Waals surface area contributed by atoms with Crippen LogP contribution in [0, 0.1) is 11.8 Å². The Morgan fingerprint density at radius 2 is 1.89 bits per heavy atom. The second-order valence-corrected chi connectivity index (χ2v) is 5.75. The summed E-state index contributed by atoms with van der Waals surface area (Å²) in [6.07, 6.45) is 3.87. The highest BCUT2D eigenvalue weighted by Crippen LogP contribution is 2.29. The zero-order valence-corrected chi connectivity index (χ0v) is 12.0. The first-order chi connectivity index (χ1) is 8.66. The summed E-state index contributed by atoms with van der Waals surface area (Å²) in [5.74, 6) is 1.48. The number of hydrogen-bond acceptors (Lipinski definition) is 1. The average molecular weight is 262 g/mol. The van der Waals surface area contributed by atoms with Gasteiger partial charge in [-0.05, 0) is 42.6 Å². The topological polar surface area (TPSA) is 24.1 Å². The van der Waals surface area contributed by atoms with E-state index in [1.54, 1.807) is 0 Å². The third-order valence-corrected chi connectivity index (χ3v) is 4.27. The molecule has 0 spiro atoms. The zero-order chi connectivity index (χ0) is 13.0. The number of benzene rings is 1. The molecule has 3 unspecified atom stereocenters. The van der Waals surface area contributed by atoms with E-state index in [1.165, 1.54) is 19.3 Å². The summed E-state index contributed by atoms with van der Waals surface area (Å²) >= 11 is 5.39. The Labute approximate surface area is 115 Å². The van der Waals surface area contributed by atoms with Gasteiger partial charge in [-0.25, -0.2) is 0 Å². The van der Waals surface area contributed by atoms with Gasteiger partial charge in [0.05, 0.1) is 0 Å². The van der Waals surface area contributed by atoms with Crippen molar-refractivity contribution in [2.24, 2.45) is 11.8 Å². The van der Waals surface area contributed by atoms with E-state index in [-0.39, 0.29) is 0 Å². The Bertz CT molecular complexity index is 391. The molecule has 1 aliphatic carbocycles. The fraction of sp³-hybridized carbons (Fsp3) is 0.533. The molecule has 0 heterocycles. The summed E-state index contributed by atoms with van der Waals surface area (Å²) in [5, 5.41) is 7.46. The molecule has 3 atom stereocenters. The van der Waals surface area contributed by atoms with Crippen LogP contribution in [0.3, 0.4) is 0 Å². The average Bonchev–Trinajstić information content (AvgIpc) is 2.36. The number of anilines is 1. The summed E-state index contributed by atoms with van der Waals surface area (Å²) in [5.41, 5.74) is 1.05. The van der Waals surface area contributed by atoms with Crippen molar-refractivity contribution in [3.8, 4) is 0 Å². The van der Waals surface area contributed by atoms with Crippen LogP contribution in [0.5, 0.6) is 0 Å². The Kier molecular flexibility index (Phi) is 4.59. The Morgan fingerprint density at radius 3 is 2.61 bits per heavy atom. The van der Waals surface area contributed by atoms with Gasteiger partial charge in [-0.15, -0.1) is 0 Å². The Morgan fingerprint density at radius 1 is 1.17 bits per heavy atom. The molecule has 2 N–H and O–H groups in total. The van der Waals surface area contributed by atoms with Gasteiger partial charge in [0.1, 0.15) is 0 Å². The Hall–Kier alpha value is -1.09. The van der Waals surface area contributed by atoms with E-state index in [0.29, 0.717) is 12.0 Å². The monoisotopic (exact) mass is 262 g/mol. The quantitative estimate of drug-likeness (QED) is 0.793. The summed E-state index contributed by atoms with van der Waals surface area (Å²) in [7, 11) is 0. The highest BCUT2D eigenvalue weighted by atomic mass is 32.1. The number of para-hydroxylation sites is 1. The van der Waals surface area contributed by atoms with Crippen LogP contribution >= 0.6 is 12.2 Å². The van der Waals surface area contributed by atoms with E-state index in [2.05, 4.69) is 24.5 Å². The van der Waals surface area contributed by atoms with Crippen LogP contribution in [0.1, 0.15) is 33.1 Å². The molecule has 98 valence electrons. The predicted octanol–water partition coefficient (Wildman–Crippen LogP) is 3.80. The normalized spacial score (nSPS) is 27.6. The molecule has 0 bridgehead atoms. The van der Waals surface area contributed by atoms with E-state index in [1.807, 2.05) is 30.3 Å². The minimum absolute atomic E-state index is 0.512. The second-order valence-electron chi connectivity index (χ2n) is 5.34. The minimum atomic E-state index is 0.512. The first kappa shape index (κ1) is 13.3. The van der Waals surface area contributed by atoms with Crippen LogP contribution in [-0.4, -0.2) is 11.2 Å². The third-order valence-electron chi connectivity index (χ3n) is 4.05. The molecule has 1 fully saturated rings. The molecule has 0 aromatic heterocycles. The van der Waals surface area contributed by atoms with Crippen LogP contribution in [0.25, 0.3) is 0 Å². The lowest BCUT2D eigenvalue weighted by Crippen LogP contribution is -2.45. The zero-order valence-electron chi connectivity index (χ0n) is 11.1. The van der Waals surface area contributed by atoms with Gasteiger partial charge < -0.3 is 10.6 Å². The number of hydrogen-bond donors (Lipinski definition) is 2. The van der Waals surface area contributed by atoms with Crippen LogP contribution in [0.2, 0.25) is 0 Å². The van der Waals surface area contributed by atoms with Crippen molar-refractivity contribution in [2.45, 2.75) is 39.2 Å². The van der Waals surface area contributed by atoms with E-state index in [9.17, 15) is 0 Å². The Balaban J connectivity index is 1.87. The molecule has 1 aromatic carbocycles. The number of rotatable bonds is 2. The summed E-state index contributed by atoms with van der Waals surface area (Å²) in [6, 6.07) is 10.6. The maximum atomic E-state index is 5.39. The fourth-order valence-electron chi connectivity index (χ4n) is 2.64. The molecule has 2 nitrogen and oxygen atoms in total. The van der Waals surface area contributed by atoms with Gasteiger partial charge in [-0.2, -0.15) is 0 Å². The molecule has 1 saturated carbocycles. The largest absolute Gasteiger partial charge is 0.359 e. The molecule has 2 rings (SSSR count). The van der Waals surface area contributed by atoms with E-state index in [4.69, 9.17) is 12.2 Å². The van der Waals surface area contributed by atoms with Crippen molar-refractivity contribution in [1.82, 2.24) is 5.32 Å². The molecule has 0 amide bonds. The molecule has 0 saturated heterocycles. The first-order valence-corrected chi connectivity index (χ1v) is 7.20.